The van der Waals surface area contributed by atoms with E-state index < -0.39 is 5.97 Å². The van der Waals surface area contributed by atoms with Gasteiger partial charge in [0.05, 0.1) is 30.7 Å². The quantitative estimate of drug-likeness (QED) is 0.427. The summed E-state index contributed by atoms with van der Waals surface area (Å²) in [6.45, 7) is 2.39. The minimum atomic E-state index is -0.994. The average molecular weight is 428 g/mol. The first kappa shape index (κ1) is 21.2. The van der Waals surface area contributed by atoms with Crippen molar-refractivity contribution in [1.29, 1.82) is 0 Å². The van der Waals surface area contributed by atoms with Gasteiger partial charge in [-0.3, -0.25) is 4.79 Å². The zero-order valence-corrected chi connectivity index (χ0v) is 17.9. The Hall–Kier alpha value is -4.06. The predicted octanol–water partition coefficient (Wildman–Crippen LogP) is 5.14. The van der Waals surface area contributed by atoms with Crippen molar-refractivity contribution in [2.75, 3.05) is 12.4 Å². The van der Waals surface area contributed by atoms with Crippen LogP contribution in [-0.4, -0.2) is 28.7 Å². The third-order valence-corrected chi connectivity index (χ3v) is 5.61. The molecule has 0 aliphatic heterocycles. The minimum Gasteiger partial charge on any atom is -0.496 e. The highest BCUT2D eigenvalue weighted by Crippen LogP contribution is 2.26. The number of carboxylic acids is 1. The third kappa shape index (κ3) is 4.34. The summed E-state index contributed by atoms with van der Waals surface area (Å²) in [6.07, 6.45) is 1.97. The van der Waals surface area contributed by atoms with Crippen LogP contribution < -0.4 is 10.1 Å². The van der Waals surface area contributed by atoms with Crippen LogP contribution in [0.25, 0.3) is 10.9 Å². The molecule has 6 heteroatoms. The Labute approximate surface area is 186 Å². The molecular weight excluding hydrogens is 404 g/mol. The Bertz CT molecular complexity index is 1280. The van der Waals surface area contributed by atoms with E-state index in [9.17, 15) is 14.7 Å². The summed E-state index contributed by atoms with van der Waals surface area (Å²) in [5.41, 5.74) is 3.69. The Morgan fingerprint density at radius 2 is 1.81 bits per heavy atom. The van der Waals surface area contributed by atoms with Gasteiger partial charge in [-0.2, -0.15) is 0 Å². The maximum absolute atomic E-state index is 12.8. The van der Waals surface area contributed by atoms with Gasteiger partial charge in [-0.15, -0.1) is 0 Å². The molecular formula is C26H24N2O4. The lowest BCUT2D eigenvalue weighted by molar-refractivity contribution is -0.117. The maximum atomic E-state index is 12.8. The normalized spacial score (nSPS) is 11.8. The van der Waals surface area contributed by atoms with E-state index >= 15 is 0 Å². The number of rotatable bonds is 7. The van der Waals surface area contributed by atoms with Crippen molar-refractivity contribution in [3.63, 3.8) is 0 Å². The first-order valence-corrected chi connectivity index (χ1v) is 10.3. The summed E-state index contributed by atoms with van der Waals surface area (Å²) in [7, 11) is 1.53. The lowest BCUT2D eigenvalue weighted by Gasteiger charge is -2.14. The van der Waals surface area contributed by atoms with Crippen molar-refractivity contribution in [3.8, 4) is 5.75 Å². The fourth-order valence-corrected chi connectivity index (χ4v) is 3.73. The van der Waals surface area contributed by atoms with Gasteiger partial charge in [0.1, 0.15) is 5.75 Å². The van der Waals surface area contributed by atoms with Crippen molar-refractivity contribution in [3.05, 3.63) is 95.7 Å². The van der Waals surface area contributed by atoms with Gasteiger partial charge in [0.2, 0.25) is 5.91 Å². The molecule has 0 bridgehead atoms. The van der Waals surface area contributed by atoms with Crippen LogP contribution in [0.3, 0.4) is 0 Å². The van der Waals surface area contributed by atoms with Crippen LogP contribution in [0, 0.1) is 0 Å². The number of carbonyl (C=O) groups excluding carboxylic acids is 1. The Morgan fingerprint density at radius 3 is 2.53 bits per heavy atom. The smallest absolute Gasteiger partial charge is 0.335 e. The molecule has 1 aromatic heterocycles. The highest BCUT2D eigenvalue weighted by atomic mass is 16.5. The molecule has 0 aliphatic carbocycles. The molecule has 2 N–H and O–H groups in total. The van der Waals surface area contributed by atoms with Gasteiger partial charge in [-0.05, 0) is 48.2 Å². The van der Waals surface area contributed by atoms with Crippen LogP contribution in [0.1, 0.15) is 34.3 Å². The average Bonchev–Trinajstić information content (AvgIpc) is 3.21. The highest BCUT2D eigenvalue weighted by Gasteiger charge is 2.16. The number of aromatic carboxylic acids is 1. The molecule has 4 rings (SSSR count). The van der Waals surface area contributed by atoms with E-state index in [-0.39, 0.29) is 17.4 Å². The van der Waals surface area contributed by atoms with Crippen LogP contribution in [0.2, 0.25) is 0 Å². The van der Waals surface area contributed by atoms with Crippen LogP contribution >= 0.6 is 0 Å². The first-order chi connectivity index (χ1) is 15.5. The topological polar surface area (TPSA) is 80.6 Å². The van der Waals surface area contributed by atoms with E-state index in [0.717, 1.165) is 27.7 Å². The molecule has 3 aromatic carbocycles. The summed E-state index contributed by atoms with van der Waals surface area (Å²) >= 11 is 0. The van der Waals surface area contributed by atoms with Crippen molar-refractivity contribution < 1.29 is 19.4 Å². The Kier molecular flexibility index (Phi) is 5.94. The number of carbonyl (C=O) groups is 2. The van der Waals surface area contributed by atoms with Crippen molar-refractivity contribution in [2.45, 2.75) is 19.4 Å². The number of aromatic nitrogens is 1. The van der Waals surface area contributed by atoms with Crippen molar-refractivity contribution >= 4 is 28.5 Å². The van der Waals surface area contributed by atoms with Crippen LogP contribution in [-0.2, 0) is 11.3 Å². The molecule has 1 amide bonds. The molecule has 162 valence electrons. The van der Waals surface area contributed by atoms with Crippen molar-refractivity contribution in [1.82, 2.24) is 4.57 Å². The zero-order chi connectivity index (χ0) is 22.7. The van der Waals surface area contributed by atoms with Gasteiger partial charge in [-0.25, -0.2) is 4.79 Å². The van der Waals surface area contributed by atoms with E-state index in [1.54, 1.807) is 12.1 Å². The number of nitrogens with one attached hydrogen (secondary N) is 1. The first-order valence-electron chi connectivity index (χ1n) is 10.3. The van der Waals surface area contributed by atoms with E-state index in [4.69, 9.17) is 4.74 Å². The number of nitrogens with zero attached hydrogens (tertiary/aromatic N) is 1. The number of fused-ring (bicyclic) bond motifs is 1. The van der Waals surface area contributed by atoms with Gasteiger partial charge < -0.3 is 19.7 Å². The molecule has 6 nitrogen and oxygen atoms in total. The summed E-state index contributed by atoms with van der Waals surface area (Å²) < 4.78 is 7.45. The van der Waals surface area contributed by atoms with Crippen LogP contribution in [0.15, 0.2) is 79.0 Å². The molecule has 0 fully saturated rings. The number of amides is 1. The molecule has 0 spiro atoms. The Morgan fingerprint density at radius 1 is 1.03 bits per heavy atom. The van der Waals surface area contributed by atoms with Gasteiger partial charge in [0, 0.05) is 17.4 Å². The number of benzene rings is 3. The largest absolute Gasteiger partial charge is 0.496 e. The van der Waals surface area contributed by atoms with Gasteiger partial charge in [-0.1, -0.05) is 42.5 Å². The lowest BCUT2D eigenvalue weighted by Crippen LogP contribution is -2.18. The van der Waals surface area contributed by atoms with E-state index in [0.29, 0.717) is 12.3 Å². The fraction of sp³-hybridized carbons (Fsp3) is 0.154. The monoisotopic (exact) mass is 428 g/mol. The second kappa shape index (κ2) is 8.98. The van der Waals surface area contributed by atoms with Gasteiger partial charge >= 0.3 is 5.97 Å². The molecule has 1 heterocycles. The standard InChI is InChI=1S/C26H24N2O4/c1-17(18-6-4-3-5-7-18)25(29)27-22-11-10-19-12-13-28(23(19)15-22)16-21-9-8-20(26(30)31)14-24(21)32-2/h3-15,17H,16H2,1-2H3,(H,27,29)(H,30,31). The van der Waals surface area contributed by atoms with Crippen LogP contribution in [0.5, 0.6) is 5.75 Å². The SMILES string of the molecule is COc1cc(C(=O)O)ccc1Cn1ccc2ccc(NC(=O)C(C)c3ccccc3)cc21. The second-order valence-corrected chi connectivity index (χ2v) is 7.67. The van der Waals surface area contributed by atoms with E-state index in [2.05, 4.69) is 5.32 Å². The molecule has 0 saturated heterocycles. The third-order valence-electron chi connectivity index (χ3n) is 5.61. The fourth-order valence-electron chi connectivity index (χ4n) is 3.73. The molecule has 0 radical (unpaired) electrons. The molecule has 1 unspecified atom stereocenters. The highest BCUT2D eigenvalue weighted by molar-refractivity contribution is 5.97. The summed E-state index contributed by atoms with van der Waals surface area (Å²) in [4.78, 5) is 24.0. The predicted molar refractivity (Wildman–Crippen MR) is 124 cm³/mol. The number of carboxylic acid groups (broad SMARTS) is 1. The number of methoxy groups -OCH3 is 1. The maximum Gasteiger partial charge on any atom is 0.335 e. The minimum absolute atomic E-state index is 0.0698. The van der Waals surface area contributed by atoms with E-state index in [1.807, 2.05) is 72.3 Å². The van der Waals surface area contributed by atoms with Crippen molar-refractivity contribution in [2.24, 2.45) is 0 Å². The molecule has 1 atom stereocenters. The number of hydrogen-bond donors (Lipinski definition) is 2. The van der Waals surface area contributed by atoms with E-state index in [1.165, 1.54) is 13.2 Å². The summed E-state index contributed by atoms with van der Waals surface area (Å²) in [5, 5.41) is 13.3. The van der Waals surface area contributed by atoms with Gasteiger partial charge in [0.15, 0.2) is 0 Å². The summed E-state index contributed by atoms with van der Waals surface area (Å²) in [6, 6.07) is 22.4. The molecule has 0 aliphatic rings. The molecule has 0 saturated carbocycles. The van der Waals surface area contributed by atoms with Crippen LogP contribution in [0.4, 0.5) is 5.69 Å². The zero-order valence-electron chi connectivity index (χ0n) is 17.9. The number of ether oxygens (including phenoxy) is 1. The second-order valence-electron chi connectivity index (χ2n) is 7.67. The summed E-state index contributed by atoms with van der Waals surface area (Å²) in [5.74, 6) is -0.811. The number of hydrogen-bond acceptors (Lipinski definition) is 3. The van der Waals surface area contributed by atoms with Gasteiger partial charge in [0.25, 0.3) is 0 Å². The molecule has 32 heavy (non-hydrogen) atoms. The lowest BCUT2D eigenvalue weighted by atomic mass is 10.0. The molecule has 4 aromatic rings. The number of anilines is 1. The Balaban J connectivity index is 1.58.